The first-order valence-corrected chi connectivity index (χ1v) is 5.64. The highest BCUT2D eigenvalue weighted by Crippen LogP contribution is 2.22. The lowest BCUT2D eigenvalue weighted by atomic mass is 10.2. The average molecular weight is 303 g/mol. The van der Waals surface area contributed by atoms with E-state index in [9.17, 15) is 9.90 Å². The predicted molar refractivity (Wildman–Crippen MR) is 69.6 cm³/mol. The van der Waals surface area contributed by atoms with E-state index in [4.69, 9.17) is 18.0 Å². The Morgan fingerprint density at radius 2 is 2.25 bits per heavy atom. The van der Waals surface area contributed by atoms with Gasteiger partial charge in [-0.05, 0) is 18.2 Å². The molecular weight excluding hydrogens is 292 g/mol. The summed E-state index contributed by atoms with van der Waals surface area (Å²) >= 11 is 7.94. The molecule has 0 aliphatic heterocycles. The summed E-state index contributed by atoms with van der Waals surface area (Å²) in [5.41, 5.74) is 5.56. The first kappa shape index (κ1) is 12.9. The lowest BCUT2D eigenvalue weighted by Gasteiger charge is -2.16. The molecule has 4 nitrogen and oxygen atoms in total. The largest absolute Gasteiger partial charge is 0.507 e. The summed E-state index contributed by atoms with van der Waals surface area (Å²) in [6, 6.07) is 4.65. The van der Waals surface area contributed by atoms with Gasteiger partial charge in [-0.3, -0.25) is 4.79 Å². The maximum atomic E-state index is 11.9. The number of benzene rings is 1. The number of thiocarbonyl (C=S) groups is 1. The molecule has 0 atom stereocenters. The Labute approximate surface area is 107 Å². The fraction of sp³-hybridized carbons (Fsp3) is 0.200. The number of hydrogen-bond donors (Lipinski definition) is 2. The molecule has 16 heavy (non-hydrogen) atoms. The molecule has 0 spiro atoms. The van der Waals surface area contributed by atoms with Gasteiger partial charge in [-0.25, -0.2) is 0 Å². The SMILES string of the molecule is CN(CC(N)=S)C(=O)c1cc(Br)ccc1O. The van der Waals surface area contributed by atoms with E-state index in [1.807, 2.05) is 0 Å². The minimum Gasteiger partial charge on any atom is -0.507 e. The molecule has 0 aliphatic carbocycles. The Bertz CT molecular complexity index is 437. The Morgan fingerprint density at radius 1 is 1.62 bits per heavy atom. The van der Waals surface area contributed by atoms with Crippen LogP contribution in [0.5, 0.6) is 5.75 Å². The van der Waals surface area contributed by atoms with Crippen LogP contribution in [0, 0.1) is 0 Å². The molecule has 0 saturated carbocycles. The number of phenolic OH excluding ortho intramolecular Hbond substituents is 1. The van der Waals surface area contributed by atoms with E-state index in [1.165, 1.54) is 11.0 Å². The highest BCUT2D eigenvalue weighted by molar-refractivity contribution is 9.10. The van der Waals surface area contributed by atoms with Gasteiger partial charge in [0.1, 0.15) is 5.75 Å². The number of carbonyl (C=O) groups excluding carboxylic acids is 1. The van der Waals surface area contributed by atoms with Crippen molar-refractivity contribution in [2.24, 2.45) is 5.73 Å². The average Bonchev–Trinajstić information content (AvgIpc) is 2.19. The normalized spacial score (nSPS) is 9.88. The molecule has 86 valence electrons. The number of rotatable bonds is 3. The van der Waals surface area contributed by atoms with E-state index in [0.717, 1.165) is 4.47 Å². The molecule has 3 N–H and O–H groups in total. The molecule has 1 amide bonds. The van der Waals surface area contributed by atoms with Gasteiger partial charge in [0.25, 0.3) is 5.91 Å². The molecule has 1 rings (SSSR count). The van der Waals surface area contributed by atoms with Crippen molar-refractivity contribution in [3.63, 3.8) is 0 Å². The minimum absolute atomic E-state index is 0.0667. The standard InChI is InChI=1S/C10H11BrN2O2S/c1-13(5-9(12)16)10(15)7-4-6(11)2-3-8(7)14/h2-4,14H,5H2,1H3,(H2,12,16). The van der Waals surface area contributed by atoms with Crippen LogP contribution in [-0.2, 0) is 0 Å². The second-order valence-electron chi connectivity index (χ2n) is 3.29. The summed E-state index contributed by atoms with van der Waals surface area (Å²) in [7, 11) is 1.57. The number of likely N-dealkylation sites (N-methyl/N-ethyl adjacent to an activating group) is 1. The van der Waals surface area contributed by atoms with Gasteiger partial charge in [0, 0.05) is 11.5 Å². The highest BCUT2D eigenvalue weighted by Gasteiger charge is 2.16. The second kappa shape index (κ2) is 5.27. The summed E-state index contributed by atoms with van der Waals surface area (Å²) in [6.45, 7) is 0.181. The maximum absolute atomic E-state index is 11.9. The van der Waals surface area contributed by atoms with Gasteiger partial charge in [0.15, 0.2) is 0 Å². The third-order valence-electron chi connectivity index (χ3n) is 1.93. The fourth-order valence-electron chi connectivity index (χ4n) is 1.19. The molecule has 1 aromatic carbocycles. The van der Waals surface area contributed by atoms with Crippen LogP contribution in [0.25, 0.3) is 0 Å². The lowest BCUT2D eigenvalue weighted by molar-refractivity contribution is 0.0812. The molecular formula is C10H11BrN2O2S. The van der Waals surface area contributed by atoms with E-state index in [1.54, 1.807) is 19.2 Å². The minimum atomic E-state index is -0.327. The van der Waals surface area contributed by atoms with Crippen LogP contribution in [0.2, 0.25) is 0 Å². The number of amides is 1. The van der Waals surface area contributed by atoms with E-state index in [-0.39, 0.29) is 28.8 Å². The summed E-state index contributed by atoms with van der Waals surface area (Å²) in [5, 5.41) is 9.56. The van der Waals surface area contributed by atoms with Crippen molar-refractivity contribution < 1.29 is 9.90 Å². The highest BCUT2D eigenvalue weighted by atomic mass is 79.9. The maximum Gasteiger partial charge on any atom is 0.257 e. The van der Waals surface area contributed by atoms with Crippen molar-refractivity contribution in [1.29, 1.82) is 0 Å². The predicted octanol–water partition coefficient (Wildman–Crippen LogP) is 1.51. The first-order valence-electron chi connectivity index (χ1n) is 4.44. The number of nitrogens with two attached hydrogens (primary N) is 1. The monoisotopic (exact) mass is 302 g/mol. The van der Waals surface area contributed by atoms with Crippen LogP contribution in [-0.4, -0.2) is 34.5 Å². The van der Waals surface area contributed by atoms with Gasteiger partial charge in [0.2, 0.25) is 0 Å². The quantitative estimate of drug-likeness (QED) is 0.831. The van der Waals surface area contributed by atoms with Gasteiger partial charge in [0.05, 0.1) is 17.1 Å². The topological polar surface area (TPSA) is 66.6 Å². The molecule has 6 heteroatoms. The molecule has 0 unspecified atom stereocenters. The van der Waals surface area contributed by atoms with Crippen LogP contribution < -0.4 is 5.73 Å². The fourth-order valence-corrected chi connectivity index (χ4v) is 1.75. The summed E-state index contributed by atoms with van der Waals surface area (Å²) < 4.78 is 0.720. The van der Waals surface area contributed by atoms with E-state index in [0.29, 0.717) is 0 Å². The van der Waals surface area contributed by atoms with Crippen molar-refractivity contribution in [3.8, 4) is 5.75 Å². The Kier molecular flexibility index (Phi) is 4.26. The van der Waals surface area contributed by atoms with Crippen LogP contribution in [0.1, 0.15) is 10.4 Å². The summed E-state index contributed by atoms with van der Waals surface area (Å²) in [4.78, 5) is 13.5. The lowest BCUT2D eigenvalue weighted by Crippen LogP contribution is -2.34. The van der Waals surface area contributed by atoms with Gasteiger partial charge in [-0.2, -0.15) is 0 Å². The number of hydrogen-bond acceptors (Lipinski definition) is 3. The van der Waals surface area contributed by atoms with Crippen LogP contribution in [0.15, 0.2) is 22.7 Å². The van der Waals surface area contributed by atoms with Gasteiger partial charge in [-0.1, -0.05) is 28.1 Å². The van der Waals surface area contributed by atoms with E-state index >= 15 is 0 Å². The van der Waals surface area contributed by atoms with Crippen molar-refractivity contribution in [2.75, 3.05) is 13.6 Å². The molecule has 0 fully saturated rings. The number of nitrogens with zero attached hydrogens (tertiary/aromatic N) is 1. The van der Waals surface area contributed by atoms with Crippen molar-refractivity contribution in [1.82, 2.24) is 4.90 Å². The van der Waals surface area contributed by atoms with Crippen LogP contribution >= 0.6 is 28.1 Å². The summed E-state index contributed by atoms with van der Waals surface area (Å²) in [6.07, 6.45) is 0. The summed E-state index contributed by atoms with van der Waals surface area (Å²) in [5.74, 6) is -0.394. The molecule has 0 bridgehead atoms. The van der Waals surface area contributed by atoms with Gasteiger partial charge < -0.3 is 15.7 Å². The van der Waals surface area contributed by atoms with E-state index in [2.05, 4.69) is 15.9 Å². The zero-order valence-corrected chi connectivity index (χ0v) is 11.0. The molecule has 0 aromatic heterocycles. The number of aromatic hydroxyl groups is 1. The Hall–Kier alpha value is -1.14. The number of phenols is 1. The molecule has 0 radical (unpaired) electrons. The Balaban J connectivity index is 2.95. The smallest absolute Gasteiger partial charge is 0.257 e. The molecule has 0 aliphatic rings. The van der Waals surface area contributed by atoms with Crippen LogP contribution in [0.3, 0.4) is 0 Å². The van der Waals surface area contributed by atoms with Gasteiger partial charge in [-0.15, -0.1) is 0 Å². The van der Waals surface area contributed by atoms with Crippen molar-refractivity contribution in [2.45, 2.75) is 0 Å². The van der Waals surface area contributed by atoms with Gasteiger partial charge >= 0.3 is 0 Å². The van der Waals surface area contributed by atoms with E-state index < -0.39 is 0 Å². The number of carbonyl (C=O) groups is 1. The van der Waals surface area contributed by atoms with Crippen molar-refractivity contribution >= 4 is 39.0 Å². The third-order valence-corrected chi connectivity index (χ3v) is 2.55. The zero-order valence-electron chi connectivity index (χ0n) is 8.61. The zero-order chi connectivity index (χ0) is 12.3. The molecule has 1 aromatic rings. The van der Waals surface area contributed by atoms with Crippen LogP contribution in [0.4, 0.5) is 0 Å². The number of halogens is 1. The third kappa shape index (κ3) is 3.18. The molecule has 0 saturated heterocycles. The molecule has 0 heterocycles. The van der Waals surface area contributed by atoms with Crippen molar-refractivity contribution in [3.05, 3.63) is 28.2 Å². The second-order valence-corrected chi connectivity index (χ2v) is 4.73. The Morgan fingerprint density at radius 3 is 2.81 bits per heavy atom. The first-order chi connectivity index (χ1) is 7.41.